The van der Waals surface area contributed by atoms with Crippen LogP contribution in [0.2, 0.25) is 0 Å². The molecule has 0 aliphatic rings. The summed E-state index contributed by atoms with van der Waals surface area (Å²) in [7, 11) is 0. The second-order valence-corrected chi connectivity index (χ2v) is 5.96. The van der Waals surface area contributed by atoms with Gasteiger partial charge in [0.05, 0.1) is 17.0 Å². The topological polar surface area (TPSA) is 46.9 Å². The molecule has 124 valence electrons. The standard InChI is InChI=1S/C20H23N3O/c1-3-17(16-9-5-4-6-10-16)20(24)21-13-14-23-15(2)22-18-11-7-8-12-19(18)23/h4-12,17H,3,13-14H2,1-2H3,(H,21,24)/t17-/m1/s1. The summed E-state index contributed by atoms with van der Waals surface area (Å²) in [4.78, 5) is 17.1. The molecule has 1 aromatic heterocycles. The number of aromatic nitrogens is 2. The highest BCUT2D eigenvalue weighted by Crippen LogP contribution is 2.19. The van der Waals surface area contributed by atoms with Crippen LogP contribution in [0.15, 0.2) is 54.6 Å². The van der Waals surface area contributed by atoms with Crippen molar-refractivity contribution in [1.29, 1.82) is 0 Å². The Labute approximate surface area is 142 Å². The minimum atomic E-state index is -0.0909. The molecular weight excluding hydrogens is 298 g/mol. The number of hydrogen-bond donors (Lipinski definition) is 1. The molecule has 0 spiro atoms. The van der Waals surface area contributed by atoms with Gasteiger partial charge in [-0.1, -0.05) is 49.4 Å². The number of benzene rings is 2. The van der Waals surface area contributed by atoms with E-state index in [0.29, 0.717) is 6.54 Å². The number of amides is 1. The van der Waals surface area contributed by atoms with Gasteiger partial charge < -0.3 is 9.88 Å². The number of hydrogen-bond acceptors (Lipinski definition) is 2. The first-order valence-corrected chi connectivity index (χ1v) is 8.45. The Morgan fingerprint density at radius 2 is 1.83 bits per heavy atom. The van der Waals surface area contributed by atoms with Crippen molar-refractivity contribution in [2.24, 2.45) is 0 Å². The summed E-state index contributed by atoms with van der Waals surface area (Å²) in [5.74, 6) is 0.971. The summed E-state index contributed by atoms with van der Waals surface area (Å²) in [5, 5.41) is 3.07. The number of para-hydroxylation sites is 2. The van der Waals surface area contributed by atoms with E-state index in [2.05, 4.69) is 20.9 Å². The number of fused-ring (bicyclic) bond motifs is 1. The van der Waals surface area contributed by atoms with Gasteiger partial charge in [0.25, 0.3) is 0 Å². The van der Waals surface area contributed by atoms with Crippen LogP contribution in [0.25, 0.3) is 11.0 Å². The minimum Gasteiger partial charge on any atom is -0.354 e. The molecule has 24 heavy (non-hydrogen) atoms. The Kier molecular flexibility index (Phi) is 4.94. The quantitative estimate of drug-likeness (QED) is 0.753. The number of carbonyl (C=O) groups is 1. The Morgan fingerprint density at radius 3 is 2.58 bits per heavy atom. The van der Waals surface area contributed by atoms with Gasteiger partial charge in [-0.3, -0.25) is 4.79 Å². The first-order chi connectivity index (χ1) is 11.7. The molecule has 2 aromatic carbocycles. The summed E-state index contributed by atoms with van der Waals surface area (Å²) >= 11 is 0. The largest absolute Gasteiger partial charge is 0.354 e. The van der Waals surface area contributed by atoms with E-state index in [1.165, 1.54) is 0 Å². The highest BCUT2D eigenvalue weighted by molar-refractivity contribution is 5.83. The molecule has 0 aliphatic carbocycles. The van der Waals surface area contributed by atoms with Gasteiger partial charge in [0, 0.05) is 13.1 Å². The van der Waals surface area contributed by atoms with Crippen LogP contribution in [0, 0.1) is 6.92 Å². The van der Waals surface area contributed by atoms with Crippen LogP contribution in [0.1, 0.15) is 30.7 Å². The lowest BCUT2D eigenvalue weighted by atomic mass is 9.96. The molecule has 1 heterocycles. The van der Waals surface area contributed by atoms with Crippen molar-refractivity contribution in [2.75, 3.05) is 6.54 Å². The summed E-state index contributed by atoms with van der Waals surface area (Å²) in [6.07, 6.45) is 0.795. The fourth-order valence-corrected chi connectivity index (χ4v) is 3.15. The molecule has 3 aromatic rings. The fourth-order valence-electron chi connectivity index (χ4n) is 3.15. The summed E-state index contributed by atoms with van der Waals surface area (Å²) in [6.45, 7) is 5.37. The van der Waals surface area contributed by atoms with Crippen molar-refractivity contribution in [2.45, 2.75) is 32.7 Å². The van der Waals surface area contributed by atoms with Crippen molar-refractivity contribution in [3.8, 4) is 0 Å². The number of rotatable bonds is 6. The molecule has 1 atom stereocenters. The monoisotopic (exact) mass is 321 g/mol. The van der Waals surface area contributed by atoms with E-state index in [1.54, 1.807) is 0 Å². The molecule has 0 saturated heterocycles. The van der Waals surface area contributed by atoms with Crippen LogP contribution >= 0.6 is 0 Å². The van der Waals surface area contributed by atoms with Crippen LogP contribution in [0.5, 0.6) is 0 Å². The van der Waals surface area contributed by atoms with Crippen LogP contribution in [0.3, 0.4) is 0 Å². The summed E-state index contributed by atoms with van der Waals surface area (Å²) in [6, 6.07) is 18.0. The molecule has 0 radical (unpaired) electrons. The van der Waals surface area contributed by atoms with Gasteiger partial charge in [0.1, 0.15) is 5.82 Å². The van der Waals surface area contributed by atoms with E-state index in [9.17, 15) is 4.79 Å². The molecule has 0 unspecified atom stereocenters. The van der Waals surface area contributed by atoms with E-state index >= 15 is 0 Å². The first kappa shape index (κ1) is 16.2. The average Bonchev–Trinajstić information content (AvgIpc) is 2.92. The normalized spacial score (nSPS) is 12.2. The predicted octanol–water partition coefficient (Wildman–Crippen LogP) is 3.65. The molecule has 0 fully saturated rings. The van der Waals surface area contributed by atoms with Gasteiger partial charge in [0.15, 0.2) is 0 Å². The maximum absolute atomic E-state index is 12.5. The Balaban J connectivity index is 1.65. The third kappa shape index (κ3) is 3.32. The minimum absolute atomic E-state index is 0.0887. The Bertz CT molecular complexity index is 823. The lowest BCUT2D eigenvalue weighted by molar-refractivity contribution is -0.122. The van der Waals surface area contributed by atoms with E-state index in [-0.39, 0.29) is 11.8 Å². The van der Waals surface area contributed by atoms with Crippen LogP contribution < -0.4 is 5.32 Å². The predicted molar refractivity (Wildman–Crippen MR) is 97.0 cm³/mol. The zero-order valence-electron chi connectivity index (χ0n) is 14.2. The summed E-state index contributed by atoms with van der Waals surface area (Å²) < 4.78 is 2.15. The van der Waals surface area contributed by atoms with Gasteiger partial charge in [-0.05, 0) is 31.0 Å². The molecular formula is C20H23N3O. The highest BCUT2D eigenvalue weighted by Gasteiger charge is 2.18. The second-order valence-electron chi connectivity index (χ2n) is 5.96. The Morgan fingerprint density at radius 1 is 1.12 bits per heavy atom. The molecule has 4 heteroatoms. The van der Waals surface area contributed by atoms with Gasteiger partial charge in [-0.25, -0.2) is 4.98 Å². The number of carbonyl (C=O) groups excluding carboxylic acids is 1. The van der Waals surface area contributed by atoms with Crippen LogP contribution in [0.4, 0.5) is 0 Å². The van der Waals surface area contributed by atoms with Crippen molar-refractivity contribution in [3.05, 3.63) is 66.0 Å². The SMILES string of the molecule is CC[C@@H](C(=O)NCCn1c(C)nc2ccccc21)c1ccccc1. The number of nitrogens with zero attached hydrogens (tertiary/aromatic N) is 2. The number of nitrogens with one attached hydrogen (secondary N) is 1. The number of imidazole rings is 1. The molecule has 1 amide bonds. The smallest absolute Gasteiger partial charge is 0.227 e. The van der Waals surface area contributed by atoms with E-state index in [1.807, 2.05) is 62.4 Å². The van der Waals surface area contributed by atoms with Crippen molar-refractivity contribution < 1.29 is 4.79 Å². The van der Waals surface area contributed by atoms with E-state index in [0.717, 1.165) is 35.4 Å². The third-order valence-electron chi connectivity index (χ3n) is 4.41. The van der Waals surface area contributed by atoms with Gasteiger partial charge >= 0.3 is 0 Å². The van der Waals surface area contributed by atoms with Gasteiger partial charge in [-0.2, -0.15) is 0 Å². The first-order valence-electron chi connectivity index (χ1n) is 8.45. The molecule has 1 N–H and O–H groups in total. The lowest BCUT2D eigenvalue weighted by Crippen LogP contribution is -2.32. The van der Waals surface area contributed by atoms with Crippen molar-refractivity contribution >= 4 is 16.9 Å². The van der Waals surface area contributed by atoms with Crippen LogP contribution in [-0.4, -0.2) is 22.0 Å². The van der Waals surface area contributed by atoms with E-state index in [4.69, 9.17) is 0 Å². The molecule has 3 rings (SSSR count). The van der Waals surface area contributed by atoms with E-state index < -0.39 is 0 Å². The maximum Gasteiger partial charge on any atom is 0.227 e. The molecule has 4 nitrogen and oxygen atoms in total. The Hall–Kier alpha value is -2.62. The van der Waals surface area contributed by atoms with Gasteiger partial charge in [-0.15, -0.1) is 0 Å². The fraction of sp³-hybridized carbons (Fsp3) is 0.300. The lowest BCUT2D eigenvalue weighted by Gasteiger charge is -2.16. The third-order valence-corrected chi connectivity index (χ3v) is 4.41. The zero-order chi connectivity index (χ0) is 16.9. The maximum atomic E-state index is 12.5. The van der Waals surface area contributed by atoms with Gasteiger partial charge in [0.2, 0.25) is 5.91 Å². The molecule has 0 bridgehead atoms. The average molecular weight is 321 g/mol. The summed E-state index contributed by atoms with van der Waals surface area (Å²) in [5.41, 5.74) is 3.18. The van der Waals surface area contributed by atoms with Crippen LogP contribution in [-0.2, 0) is 11.3 Å². The highest BCUT2D eigenvalue weighted by atomic mass is 16.1. The second kappa shape index (κ2) is 7.30. The molecule has 0 saturated carbocycles. The number of aryl methyl sites for hydroxylation is 1. The zero-order valence-corrected chi connectivity index (χ0v) is 14.2. The van der Waals surface area contributed by atoms with Crippen molar-refractivity contribution in [1.82, 2.24) is 14.9 Å². The van der Waals surface area contributed by atoms with Crippen molar-refractivity contribution in [3.63, 3.8) is 0 Å². The molecule has 0 aliphatic heterocycles.